The van der Waals surface area contributed by atoms with Crippen molar-refractivity contribution in [2.45, 2.75) is 18.7 Å². The normalized spacial score (nSPS) is 19.2. The molecule has 0 amide bonds. The molecule has 3 aliphatic rings. The van der Waals surface area contributed by atoms with Crippen molar-refractivity contribution < 1.29 is 14.2 Å². The van der Waals surface area contributed by atoms with Crippen LogP contribution in [0.4, 0.5) is 0 Å². The van der Waals surface area contributed by atoms with Crippen LogP contribution in [0.5, 0.6) is 17.2 Å². The van der Waals surface area contributed by atoms with Gasteiger partial charge in [-0.05, 0) is 47.8 Å². The van der Waals surface area contributed by atoms with E-state index in [2.05, 4.69) is 59.1 Å². The largest absolute Gasteiger partial charge is 0.486 e. The first-order chi connectivity index (χ1) is 19.3. The van der Waals surface area contributed by atoms with E-state index in [-0.39, 0.29) is 6.04 Å². The summed E-state index contributed by atoms with van der Waals surface area (Å²) in [5, 5.41) is 14.4. The van der Waals surface area contributed by atoms with Crippen LogP contribution in [0, 0.1) is 0 Å². The van der Waals surface area contributed by atoms with E-state index in [1.165, 1.54) is 0 Å². The molecule has 39 heavy (non-hydrogen) atoms. The van der Waals surface area contributed by atoms with Crippen molar-refractivity contribution in [2.24, 2.45) is 5.10 Å². The summed E-state index contributed by atoms with van der Waals surface area (Å²) < 4.78 is 20.3. The van der Waals surface area contributed by atoms with Crippen molar-refractivity contribution in [1.82, 2.24) is 14.8 Å². The molecule has 0 saturated carbocycles. The fraction of sp³-hybridized carbons (Fsp3) is 0.161. The second kappa shape index (κ2) is 9.03. The van der Waals surface area contributed by atoms with Gasteiger partial charge in [0.15, 0.2) is 11.5 Å². The summed E-state index contributed by atoms with van der Waals surface area (Å²) in [6.07, 6.45) is 2.41. The topological polar surface area (TPSA) is 61.1 Å². The first-order valence-corrected chi connectivity index (χ1v) is 13.9. The Kier molecular flexibility index (Phi) is 5.19. The molecule has 8 rings (SSSR count). The highest BCUT2D eigenvalue weighted by Gasteiger charge is 2.42. The summed E-state index contributed by atoms with van der Waals surface area (Å²) in [7, 11) is 0. The molecule has 2 atom stereocenters. The second-order valence-corrected chi connectivity index (χ2v) is 10.7. The van der Waals surface area contributed by atoms with Gasteiger partial charge >= 0.3 is 0 Å². The number of hydrazone groups is 1. The summed E-state index contributed by atoms with van der Waals surface area (Å²) in [5.74, 6) is 2.43. The summed E-state index contributed by atoms with van der Waals surface area (Å²) in [5.41, 5.74) is 6.04. The van der Waals surface area contributed by atoms with Gasteiger partial charge in [-0.25, -0.2) is 9.69 Å². The summed E-state index contributed by atoms with van der Waals surface area (Å²) in [6.45, 7) is 1.13. The number of benzene rings is 3. The number of ether oxygens (including phenoxy) is 3. The molecule has 2 aromatic heterocycles. The van der Waals surface area contributed by atoms with Gasteiger partial charge in [0.1, 0.15) is 24.7 Å². The van der Waals surface area contributed by atoms with Crippen molar-refractivity contribution in [3.8, 4) is 33.5 Å². The number of rotatable bonds is 4. The minimum Gasteiger partial charge on any atom is -0.486 e. The molecule has 0 radical (unpaired) electrons. The average molecular weight is 533 g/mol. The van der Waals surface area contributed by atoms with Crippen LogP contribution in [0.3, 0.4) is 0 Å². The van der Waals surface area contributed by atoms with Crippen LogP contribution in [-0.2, 0) is 0 Å². The molecular formula is C31H24N4O3S. The molecule has 5 heterocycles. The maximum Gasteiger partial charge on any atom is 0.217 e. The second-order valence-electron chi connectivity index (χ2n) is 9.70. The zero-order chi connectivity index (χ0) is 25.8. The highest BCUT2D eigenvalue weighted by molar-refractivity contribution is 7.13. The minimum atomic E-state index is -0.436. The molecule has 7 nitrogen and oxygen atoms in total. The van der Waals surface area contributed by atoms with E-state index in [0.717, 1.165) is 62.3 Å². The molecule has 0 spiro atoms. The van der Waals surface area contributed by atoms with Crippen LogP contribution in [0.15, 0.2) is 102 Å². The number of fused-ring (bicyclic) bond motifs is 4. The molecule has 8 heteroatoms. The smallest absolute Gasteiger partial charge is 0.217 e. The zero-order valence-electron chi connectivity index (χ0n) is 20.9. The van der Waals surface area contributed by atoms with Gasteiger partial charge < -0.3 is 14.2 Å². The van der Waals surface area contributed by atoms with Crippen LogP contribution >= 0.6 is 11.3 Å². The van der Waals surface area contributed by atoms with Gasteiger partial charge in [0.05, 0.1) is 27.9 Å². The fourth-order valence-corrected chi connectivity index (χ4v) is 6.25. The number of nitrogens with zero attached hydrogens (tertiary/aromatic N) is 4. The molecule has 3 aromatic carbocycles. The number of hydrogen-bond acceptors (Lipinski definition) is 7. The quantitative estimate of drug-likeness (QED) is 0.261. The monoisotopic (exact) mass is 532 g/mol. The van der Waals surface area contributed by atoms with Crippen LogP contribution < -0.4 is 14.2 Å². The third-order valence-electron chi connectivity index (χ3n) is 7.36. The Labute approximate surface area is 229 Å². The summed E-state index contributed by atoms with van der Waals surface area (Å²) in [4.78, 5) is 1.09. The number of para-hydroxylation sites is 2. The molecule has 0 aliphatic carbocycles. The number of aromatic nitrogens is 2. The Morgan fingerprint density at radius 3 is 2.51 bits per heavy atom. The van der Waals surface area contributed by atoms with Crippen LogP contribution in [-0.4, -0.2) is 33.7 Å². The third-order valence-corrected chi connectivity index (χ3v) is 8.23. The molecule has 5 aromatic rings. The van der Waals surface area contributed by atoms with Gasteiger partial charge in [0, 0.05) is 23.7 Å². The maximum atomic E-state index is 6.72. The SMILES string of the molecule is c1ccc(-n2cc([C@@H]3Oc4ccccc4[C@H]4CC(c5ccc6c(c5)OCCO6)=NN43)c(-c3cccs3)n2)cc1. The third kappa shape index (κ3) is 3.79. The van der Waals surface area contributed by atoms with Crippen LogP contribution in [0.25, 0.3) is 16.3 Å². The number of thiophene rings is 1. The van der Waals surface area contributed by atoms with Gasteiger partial charge in [-0.3, -0.25) is 0 Å². The van der Waals surface area contributed by atoms with Crippen molar-refractivity contribution >= 4 is 17.0 Å². The molecule has 192 valence electrons. The summed E-state index contributed by atoms with van der Waals surface area (Å²) in [6, 6.07) is 28.7. The molecule has 0 saturated heterocycles. The molecule has 0 N–H and O–H groups in total. The lowest BCUT2D eigenvalue weighted by Gasteiger charge is -2.37. The van der Waals surface area contributed by atoms with Crippen LogP contribution in [0.2, 0.25) is 0 Å². The van der Waals surface area contributed by atoms with Gasteiger partial charge in [-0.2, -0.15) is 10.2 Å². The van der Waals surface area contributed by atoms with E-state index in [1.807, 2.05) is 47.1 Å². The zero-order valence-corrected chi connectivity index (χ0v) is 21.8. The molecular weight excluding hydrogens is 508 g/mol. The summed E-state index contributed by atoms with van der Waals surface area (Å²) >= 11 is 1.67. The predicted molar refractivity (Wildman–Crippen MR) is 150 cm³/mol. The van der Waals surface area contributed by atoms with Gasteiger partial charge in [0.2, 0.25) is 6.23 Å². The fourth-order valence-electron chi connectivity index (χ4n) is 5.52. The first kappa shape index (κ1) is 22.4. The standard InChI is InChI=1S/C31H24N4O3S/c1-2-7-21(8-3-1)34-19-23(30(33-34)29-11-6-16-39-29)31-35-25(22-9-4-5-10-26(22)38-31)18-24(32-35)20-12-13-27-28(17-20)37-15-14-36-27/h1-13,16-17,19,25,31H,14-15,18H2/t25-,31+/m1/s1. The Morgan fingerprint density at radius 2 is 1.64 bits per heavy atom. The molecule has 0 fully saturated rings. The Morgan fingerprint density at radius 1 is 0.795 bits per heavy atom. The highest BCUT2D eigenvalue weighted by atomic mass is 32.1. The molecule has 0 bridgehead atoms. The maximum absolute atomic E-state index is 6.72. The van der Waals surface area contributed by atoms with E-state index in [1.54, 1.807) is 11.3 Å². The Hall–Kier alpha value is -4.56. The van der Waals surface area contributed by atoms with Crippen molar-refractivity contribution in [3.05, 3.63) is 113 Å². The van der Waals surface area contributed by atoms with Crippen molar-refractivity contribution in [2.75, 3.05) is 13.2 Å². The van der Waals surface area contributed by atoms with Crippen molar-refractivity contribution in [3.63, 3.8) is 0 Å². The highest BCUT2D eigenvalue weighted by Crippen LogP contribution is 2.49. The Bertz CT molecular complexity index is 1700. The van der Waals surface area contributed by atoms with E-state index in [9.17, 15) is 0 Å². The van der Waals surface area contributed by atoms with E-state index in [0.29, 0.717) is 13.2 Å². The predicted octanol–water partition coefficient (Wildman–Crippen LogP) is 6.61. The average Bonchev–Trinajstić information content (AvgIpc) is 3.77. The molecule has 0 unspecified atom stereocenters. The van der Waals surface area contributed by atoms with E-state index < -0.39 is 6.23 Å². The lowest BCUT2D eigenvalue weighted by atomic mass is 9.95. The Balaban J connectivity index is 1.26. The molecule has 3 aliphatic heterocycles. The van der Waals surface area contributed by atoms with Gasteiger partial charge in [-0.15, -0.1) is 11.3 Å². The first-order valence-electron chi connectivity index (χ1n) is 13.0. The van der Waals surface area contributed by atoms with Gasteiger partial charge in [-0.1, -0.05) is 42.5 Å². The van der Waals surface area contributed by atoms with E-state index >= 15 is 0 Å². The lowest BCUT2D eigenvalue weighted by molar-refractivity contribution is -0.0186. The number of hydrogen-bond donors (Lipinski definition) is 0. The van der Waals surface area contributed by atoms with Crippen LogP contribution in [0.1, 0.15) is 35.4 Å². The lowest BCUT2D eigenvalue weighted by Crippen LogP contribution is -2.33. The van der Waals surface area contributed by atoms with E-state index in [4.69, 9.17) is 24.4 Å². The van der Waals surface area contributed by atoms with Gasteiger partial charge in [0.25, 0.3) is 0 Å². The minimum absolute atomic E-state index is 0.0411. The van der Waals surface area contributed by atoms with Crippen molar-refractivity contribution in [1.29, 1.82) is 0 Å².